The zero-order valence-electron chi connectivity index (χ0n) is 15.8. The van der Waals surface area contributed by atoms with E-state index in [1.165, 1.54) is 18.4 Å². The molecule has 2 atom stereocenters. The van der Waals surface area contributed by atoms with Crippen molar-refractivity contribution in [3.05, 3.63) is 34.9 Å². The summed E-state index contributed by atoms with van der Waals surface area (Å²) < 4.78 is 0. The van der Waals surface area contributed by atoms with Crippen molar-refractivity contribution in [2.45, 2.75) is 32.7 Å². The third-order valence-corrected chi connectivity index (χ3v) is 4.87. The summed E-state index contributed by atoms with van der Waals surface area (Å²) >= 11 is 6.22. The quantitative estimate of drug-likeness (QED) is 0.379. The largest absolute Gasteiger partial charge is 0.356 e. The SMILES string of the molecule is CN=C(NCC(C)C)NCC1CCCN(C)C1c1cccc(Cl)c1.I. The molecule has 1 aromatic carbocycles. The van der Waals surface area contributed by atoms with Gasteiger partial charge in [0, 0.05) is 31.2 Å². The highest BCUT2D eigenvalue weighted by Gasteiger charge is 2.30. The van der Waals surface area contributed by atoms with E-state index >= 15 is 0 Å². The maximum Gasteiger partial charge on any atom is 0.190 e. The number of benzene rings is 1. The highest BCUT2D eigenvalue weighted by atomic mass is 127. The van der Waals surface area contributed by atoms with Gasteiger partial charge in [0.15, 0.2) is 5.96 Å². The highest BCUT2D eigenvalue weighted by molar-refractivity contribution is 14.0. The zero-order valence-corrected chi connectivity index (χ0v) is 18.8. The van der Waals surface area contributed by atoms with E-state index in [-0.39, 0.29) is 24.0 Å². The molecule has 0 radical (unpaired) electrons. The molecule has 2 rings (SSSR count). The molecule has 2 N–H and O–H groups in total. The molecular weight excluding hydrogens is 447 g/mol. The van der Waals surface area contributed by atoms with Crippen molar-refractivity contribution in [3.63, 3.8) is 0 Å². The normalized spacial score (nSPS) is 21.8. The zero-order chi connectivity index (χ0) is 17.5. The van der Waals surface area contributed by atoms with Gasteiger partial charge in [-0.15, -0.1) is 24.0 Å². The summed E-state index contributed by atoms with van der Waals surface area (Å²) in [5.74, 6) is 2.03. The average Bonchev–Trinajstić information content (AvgIpc) is 2.54. The lowest BCUT2D eigenvalue weighted by molar-refractivity contribution is 0.122. The molecule has 25 heavy (non-hydrogen) atoms. The fraction of sp³-hybridized carbons (Fsp3) is 0.632. The van der Waals surface area contributed by atoms with Crippen LogP contribution in [0.1, 0.15) is 38.3 Å². The molecule has 142 valence electrons. The number of hydrogen-bond acceptors (Lipinski definition) is 2. The number of halogens is 2. The number of rotatable bonds is 5. The average molecular weight is 479 g/mol. The van der Waals surface area contributed by atoms with E-state index in [0.29, 0.717) is 17.9 Å². The van der Waals surface area contributed by atoms with Gasteiger partial charge in [-0.1, -0.05) is 37.6 Å². The number of nitrogens with zero attached hydrogens (tertiary/aromatic N) is 2. The summed E-state index contributed by atoms with van der Waals surface area (Å²) in [7, 11) is 4.04. The minimum atomic E-state index is 0. The summed E-state index contributed by atoms with van der Waals surface area (Å²) in [4.78, 5) is 6.79. The minimum Gasteiger partial charge on any atom is -0.356 e. The second-order valence-corrected chi connectivity index (χ2v) is 7.55. The molecule has 4 nitrogen and oxygen atoms in total. The minimum absolute atomic E-state index is 0. The standard InChI is InChI=1S/C19H31ClN4.HI/c1-14(2)12-22-19(21-3)23-13-16-8-6-10-24(4)18(16)15-7-5-9-17(20)11-15;/h5,7,9,11,14,16,18H,6,8,10,12-13H2,1-4H3,(H2,21,22,23);1H. The molecule has 1 aromatic rings. The number of nitrogens with one attached hydrogen (secondary N) is 2. The van der Waals surface area contributed by atoms with Crippen molar-refractivity contribution in [2.24, 2.45) is 16.8 Å². The topological polar surface area (TPSA) is 39.7 Å². The Kier molecular flexibility index (Phi) is 10.1. The van der Waals surface area contributed by atoms with Crippen LogP contribution in [0.5, 0.6) is 0 Å². The predicted molar refractivity (Wildman–Crippen MR) is 119 cm³/mol. The Hall–Kier alpha value is -0.530. The summed E-state index contributed by atoms with van der Waals surface area (Å²) in [6, 6.07) is 8.68. The Morgan fingerprint density at radius 1 is 1.36 bits per heavy atom. The van der Waals surface area contributed by atoms with E-state index in [4.69, 9.17) is 11.6 Å². The van der Waals surface area contributed by atoms with Crippen LogP contribution in [0, 0.1) is 11.8 Å². The van der Waals surface area contributed by atoms with E-state index in [9.17, 15) is 0 Å². The molecule has 0 bridgehead atoms. The summed E-state index contributed by atoms with van der Waals surface area (Å²) in [5.41, 5.74) is 1.31. The van der Waals surface area contributed by atoms with E-state index in [0.717, 1.165) is 30.6 Å². The Balaban J connectivity index is 0.00000312. The summed E-state index contributed by atoms with van der Waals surface area (Å²) in [5, 5.41) is 7.71. The Morgan fingerprint density at radius 2 is 2.12 bits per heavy atom. The fourth-order valence-corrected chi connectivity index (χ4v) is 3.64. The van der Waals surface area contributed by atoms with Gasteiger partial charge in [-0.25, -0.2) is 0 Å². The first-order valence-corrected chi connectivity index (χ1v) is 9.29. The summed E-state index contributed by atoms with van der Waals surface area (Å²) in [6.07, 6.45) is 2.45. The first kappa shape index (κ1) is 22.5. The number of aliphatic imine (C=N–C) groups is 1. The van der Waals surface area contributed by atoms with Crippen molar-refractivity contribution in [2.75, 3.05) is 33.7 Å². The summed E-state index contributed by atoms with van der Waals surface area (Å²) in [6.45, 7) is 7.38. The third kappa shape index (κ3) is 6.94. The second kappa shape index (κ2) is 11.2. The fourth-order valence-electron chi connectivity index (χ4n) is 3.44. The van der Waals surface area contributed by atoms with E-state index < -0.39 is 0 Å². The highest BCUT2D eigenvalue weighted by Crippen LogP contribution is 2.35. The van der Waals surface area contributed by atoms with Gasteiger partial charge in [0.25, 0.3) is 0 Å². The molecule has 0 saturated carbocycles. The Bertz CT molecular complexity index is 550. The van der Waals surface area contributed by atoms with Gasteiger partial charge in [0.2, 0.25) is 0 Å². The van der Waals surface area contributed by atoms with E-state index in [1.54, 1.807) is 0 Å². The molecule has 0 spiro atoms. The molecule has 0 aromatic heterocycles. The third-order valence-electron chi connectivity index (χ3n) is 4.63. The van der Waals surface area contributed by atoms with Gasteiger partial charge in [-0.05, 0) is 56.0 Å². The molecule has 1 heterocycles. The van der Waals surface area contributed by atoms with Crippen LogP contribution in [-0.2, 0) is 0 Å². The molecule has 1 fully saturated rings. The van der Waals surface area contributed by atoms with E-state index in [1.807, 2.05) is 19.2 Å². The molecule has 1 aliphatic rings. The number of likely N-dealkylation sites (tertiary alicyclic amines) is 1. The van der Waals surface area contributed by atoms with Crippen LogP contribution in [0.4, 0.5) is 0 Å². The number of guanidine groups is 1. The predicted octanol–water partition coefficient (Wildman–Crippen LogP) is 4.16. The number of hydrogen-bond donors (Lipinski definition) is 2. The lowest BCUT2D eigenvalue weighted by Crippen LogP contribution is -2.45. The Labute approximate surface area is 174 Å². The maximum absolute atomic E-state index is 6.22. The van der Waals surface area contributed by atoms with Crippen molar-refractivity contribution in [1.82, 2.24) is 15.5 Å². The van der Waals surface area contributed by atoms with Gasteiger partial charge in [-0.2, -0.15) is 0 Å². The first-order valence-electron chi connectivity index (χ1n) is 8.91. The van der Waals surface area contributed by atoms with Crippen LogP contribution in [0.25, 0.3) is 0 Å². The van der Waals surface area contributed by atoms with Crippen molar-refractivity contribution in [1.29, 1.82) is 0 Å². The van der Waals surface area contributed by atoms with Gasteiger partial charge >= 0.3 is 0 Å². The second-order valence-electron chi connectivity index (χ2n) is 7.11. The lowest BCUT2D eigenvalue weighted by atomic mass is 9.85. The van der Waals surface area contributed by atoms with Crippen LogP contribution >= 0.6 is 35.6 Å². The number of piperidine rings is 1. The Morgan fingerprint density at radius 3 is 2.76 bits per heavy atom. The molecule has 2 unspecified atom stereocenters. The van der Waals surface area contributed by atoms with Crippen molar-refractivity contribution in [3.8, 4) is 0 Å². The van der Waals surface area contributed by atoms with Crippen LogP contribution in [0.2, 0.25) is 5.02 Å². The van der Waals surface area contributed by atoms with Crippen molar-refractivity contribution >= 4 is 41.5 Å². The van der Waals surface area contributed by atoms with Gasteiger partial charge < -0.3 is 10.6 Å². The maximum atomic E-state index is 6.22. The van der Waals surface area contributed by atoms with Crippen molar-refractivity contribution < 1.29 is 0 Å². The monoisotopic (exact) mass is 478 g/mol. The van der Waals surface area contributed by atoms with Gasteiger partial charge in [0.05, 0.1) is 0 Å². The smallest absolute Gasteiger partial charge is 0.190 e. The lowest BCUT2D eigenvalue weighted by Gasteiger charge is -2.40. The molecule has 1 saturated heterocycles. The van der Waals surface area contributed by atoms with Crippen LogP contribution in [-0.4, -0.2) is 44.6 Å². The first-order chi connectivity index (χ1) is 11.5. The van der Waals surface area contributed by atoms with Crippen LogP contribution < -0.4 is 10.6 Å². The van der Waals surface area contributed by atoms with Gasteiger partial charge in [-0.3, -0.25) is 9.89 Å². The molecule has 6 heteroatoms. The molecule has 0 amide bonds. The van der Waals surface area contributed by atoms with Gasteiger partial charge in [0.1, 0.15) is 0 Å². The van der Waals surface area contributed by atoms with Crippen LogP contribution in [0.15, 0.2) is 29.3 Å². The van der Waals surface area contributed by atoms with Crippen LogP contribution in [0.3, 0.4) is 0 Å². The molecule has 0 aliphatic carbocycles. The molecular formula is C19H32ClIN4. The molecule has 1 aliphatic heterocycles. The van der Waals surface area contributed by atoms with E-state index in [2.05, 4.69) is 53.6 Å².